The number of allylic oxidation sites excluding steroid dienone is 2. The van der Waals surface area contributed by atoms with Crippen molar-refractivity contribution in [1.82, 2.24) is 0 Å². The summed E-state index contributed by atoms with van der Waals surface area (Å²) in [5.74, 6) is 0.464. The molecule has 1 nitrogen and oxygen atoms in total. The Morgan fingerprint density at radius 3 is 1.63 bits per heavy atom. The van der Waals surface area contributed by atoms with Crippen molar-refractivity contribution < 1.29 is 4.79 Å². The summed E-state index contributed by atoms with van der Waals surface area (Å²) < 4.78 is 0. The van der Waals surface area contributed by atoms with Gasteiger partial charge >= 0.3 is 0 Å². The first-order valence-corrected chi connectivity index (χ1v) is 8.56. The molecule has 0 spiro atoms. The van der Waals surface area contributed by atoms with E-state index in [1.54, 1.807) is 0 Å². The summed E-state index contributed by atoms with van der Waals surface area (Å²) in [5, 5.41) is 0. The molecule has 19 heavy (non-hydrogen) atoms. The molecule has 0 saturated heterocycles. The first kappa shape index (κ1) is 16.5. The Kier molecular flexibility index (Phi) is 10.8. The van der Waals surface area contributed by atoms with Crippen LogP contribution in [0.25, 0.3) is 0 Å². The maximum atomic E-state index is 11.6. The second kappa shape index (κ2) is 12.4. The van der Waals surface area contributed by atoms with Crippen molar-refractivity contribution in [2.75, 3.05) is 0 Å². The first-order chi connectivity index (χ1) is 9.39. The van der Waals surface area contributed by atoms with E-state index in [4.69, 9.17) is 0 Å². The van der Waals surface area contributed by atoms with Crippen LogP contribution in [-0.2, 0) is 4.79 Å². The van der Waals surface area contributed by atoms with Gasteiger partial charge in [0.05, 0.1) is 0 Å². The molecule has 0 saturated carbocycles. The molecule has 1 rings (SSSR count). The Labute approximate surface area is 119 Å². The van der Waals surface area contributed by atoms with E-state index in [1.165, 1.54) is 70.6 Å². The fraction of sp³-hybridized carbons (Fsp3) is 0.833. The minimum absolute atomic E-state index is 0.464. The van der Waals surface area contributed by atoms with Gasteiger partial charge in [-0.15, -0.1) is 0 Å². The molecule has 0 fully saturated rings. The van der Waals surface area contributed by atoms with Crippen LogP contribution >= 0.6 is 0 Å². The highest BCUT2D eigenvalue weighted by Gasteiger charge is 2.00. The highest BCUT2D eigenvalue weighted by Crippen LogP contribution is 2.13. The van der Waals surface area contributed by atoms with E-state index in [9.17, 15) is 4.79 Å². The topological polar surface area (TPSA) is 17.1 Å². The van der Waals surface area contributed by atoms with Gasteiger partial charge in [0.25, 0.3) is 0 Å². The molecule has 0 N–H and O–H groups in total. The number of hydrogen-bond donors (Lipinski definition) is 0. The minimum Gasteiger partial charge on any atom is -0.300 e. The van der Waals surface area contributed by atoms with E-state index in [2.05, 4.69) is 12.2 Å². The molecule has 1 aliphatic rings. The van der Waals surface area contributed by atoms with Crippen LogP contribution in [-0.4, -0.2) is 5.78 Å². The van der Waals surface area contributed by atoms with Crippen LogP contribution in [0.1, 0.15) is 96.3 Å². The third kappa shape index (κ3) is 11.0. The predicted molar refractivity (Wildman–Crippen MR) is 83.4 cm³/mol. The van der Waals surface area contributed by atoms with Gasteiger partial charge in [0.15, 0.2) is 0 Å². The molecule has 0 heterocycles. The van der Waals surface area contributed by atoms with E-state index in [0.717, 1.165) is 25.7 Å². The number of ketones is 1. The highest BCUT2D eigenvalue weighted by atomic mass is 16.1. The summed E-state index contributed by atoms with van der Waals surface area (Å²) >= 11 is 0. The monoisotopic (exact) mass is 264 g/mol. The van der Waals surface area contributed by atoms with Crippen molar-refractivity contribution in [3.63, 3.8) is 0 Å². The Hall–Kier alpha value is -0.590. The smallest absolute Gasteiger partial charge is 0.133 e. The molecular formula is C18H32O. The van der Waals surface area contributed by atoms with Crippen LogP contribution in [0.2, 0.25) is 0 Å². The standard InChI is InChI=1S/C18H32O/c19-18-16-14-12-10-8-6-4-2-1-3-5-7-9-11-13-15-17-18/h10,12H,1-9,11,13-17H2/b12-10+. The van der Waals surface area contributed by atoms with Crippen LogP contribution in [0.3, 0.4) is 0 Å². The van der Waals surface area contributed by atoms with E-state index < -0.39 is 0 Å². The molecular weight excluding hydrogens is 232 g/mol. The highest BCUT2D eigenvalue weighted by molar-refractivity contribution is 5.78. The zero-order chi connectivity index (χ0) is 13.6. The van der Waals surface area contributed by atoms with Gasteiger partial charge in [-0.1, -0.05) is 69.9 Å². The summed E-state index contributed by atoms with van der Waals surface area (Å²) in [6, 6.07) is 0. The average molecular weight is 264 g/mol. The number of carbonyl (C=O) groups excluding carboxylic acids is 1. The zero-order valence-electron chi connectivity index (χ0n) is 12.7. The van der Waals surface area contributed by atoms with Crippen LogP contribution < -0.4 is 0 Å². The lowest BCUT2D eigenvalue weighted by Crippen LogP contribution is -1.96. The fourth-order valence-corrected chi connectivity index (χ4v) is 2.78. The number of hydrogen-bond acceptors (Lipinski definition) is 1. The molecule has 0 radical (unpaired) electrons. The lowest BCUT2D eigenvalue weighted by Gasteiger charge is -2.03. The number of rotatable bonds is 0. The number of Topliss-reactive ketones (excluding diaryl/α,β-unsaturated/α-hetero) is 1. The maximum Gasteiger partial charge on any atom is 0.133 e. The average Bonchev–Trinajstić information content (AvgIpc) is 2.41. The van der Waals surface area contributed by atoms with E-state index in [1.807, 2.05) is 0 Å². The van der Waals surface area contributed by atoms with Gasteiger partial charge in [-0.05, 0) is 25.7 Å². The van der Waals surface area contributed by atoms with Crippen LogP contribution in [0, 0.1) is 0 Å². The van der Waals surface area contributed by atoms with Gasteiger partial charge < -0.3 is 0 Å². The lowest BCUT2D eigenvalue weighted by molar-refractivity contribution is -0.119. The normalized spacial score (nSPS) is 24.3. The summed E-state index contributed by atoms with van der Waals surface area (Å²) in [6.45, 7) is 0. The molecule has 1 aliphatic carbocycles. The van der Waals surface area contributed by atoms with E-state index in [-0.39, 0.29) is 0 Å². The Balaban J connectivity index is 2.17. The summed E-state index contributed by atoms with van der Waals surface area (Å²) in [5.41, 5.74) is 0. The molecule has 0 unspecified atom stereocenters. The van der Waals surface area contributed by atoms with Crippen molar-refractivity contribution in [1.29, 1.82) is 0 Å². The SMILES string of the molecule is O=C1CC/C=C/CCCCCCCCCCCCC1. The third-order valence-electron chi connectivity index (χ3n) is 4.08. The summed E-state index contributed by atoms with van der Waals surface area (Å²) in [6.07, 6.45) is 23.1. The summed E-state index contributed by atoms with van der Waals surface area (Å²) in [4.78, 5) is 11.6. The van der Waals surface area contributed by atoms with Crippen molar-refractivity contribution in [3.05, 3.63) is 12.2 Å². The largest absolute Gasteiger partial charge is 0.300 e. The zero-order valence-corrected chi connectivity index (χ0v) is 12.7. The predicted octanol–water partition coefficient (Wildman–Crippen LogP) is 5.98. The van der Waals surface area contributed by atoms with Crippen molar-refractivity contribution in [2.24, 2.45) is 0 Å². The Morgan fingerprint density at radius 1 is 0.526 bits per heavy atom. The van der Waals surface area contributed by atoms with Gasteiger partial charge in [0.1, 0.15) is 5.78 Å². The van der Waals surface area contributed by atoms with Gasteiger partial charge in [-0.3, -0.25) is 4.79 Å². The van der Waals surface area contributed by atoms with Gasteiger partial charge in [0, 0.05) is 12.8 Å². The molecule has 0 bridgehead atoms. The van der Waals surface area contributed by atoms with Gasteiger partial charge in [0.2, 0.25) is 0 Å². The second-order valence-electron chi connectivity index (χ2n) is 5.98. The van der Waals surface area contributed by atoms with E-state index >= 15 is 0 Å². The second-order valence-corrected chi connectivity index (χ2v) is 5.98. The van der Waals surface area contributed by atoms with Crippen LogP contribution in [0.5, 0.6) is 0 Å². The molecule has 0 aromatic carbocycles. The van der Waals surface area contributed by atoms with E-state index in [0.29, 0.717) is 5.78 Å². The Bertz CT molecular complexity index is 242. The van der Waals surface area contributed by atoms with Crippen LogP contribution in [0.15, 0.2) is 12.2 Å². The molecule has 0 aliphatic heterocycles. The van der Waals surface area contributed by atoms with Crippen LogP contribution in [0.4, 0.5) is 0 Å². The van der Waals surface area contributed by atoms with Crippen molar-refractivity contribution in [2.45, 2.75) is 96.3 Å². The van der Waals surface area contributed by atoms with Gasteiger partial charge in [-0.25, -0.2) is 0 Å². The Morgan fingerprint density at radius 2 is 1.00 bits per heavy atom. The number of carbonyl (C=O) groups is 1. The fourth-order valence-electron chi connectivity index (χ4n) is 2.78. The molecule has 110 valence electrons. The van der Waals surface area contributed by atoms with Gasteiger partial charge in [-0.2, -0.15) is 0 Å². The lowest BCUT2D eigenvalue weighted by atomic mass is 10.0. The molecule has 1 heteroatoms. The van der Waals surface area contributed by atoms with Crippen molar-refractivity contribution in [3.8, 4) is 0 Å². The quantitative estimate of drug-likeness (QED) is 0.492. The minimum atomic E-state index is 0.464. The molecule has 0 aromatic rings. The first-order valence-electron chi connectivity index (χ1n) is 8.56. The summed E-state index contributed by atoms with van der Waals surface area (Å²) in [7, 11) is 0. The third-order valence-corrected chi connectivity index (χ3v) is 4.08. The van der Waals surface area contributed by atoms with Crippen molar-refractivity contribution >= 4 is 5.78 Å². The molecule has 0 atom stereocenters. The molecule has 0 amide bonds. The molecule has 0 aromatic heterocycles. The maximum absolute atomic E-state index is 11.6.